The van der Waals surface area contributed by atoms with Gasteiger partial charge in [-0.2, -0.15) is 0 Å². The highest BCUT2D eigenvalue weighted by Crippen LogP contribution is 2.30. The van der Waals surface area contributed by atoms with E-state index in [0.717, 1.165) is 16.5 Å². The zero-order chi connectivity index (χ0) is 23.7. The van der Waals surface area contributed by atoms with Gasteiger partial charge in [0.05, 0.1) is 24.9 Å². The Balaban J connectivity index is 1.18. The van der Waals surface area contributed by atoms with Crippen molar-refractivity contribution in [3.8, 4) is 0 Å². The van der Waals surface area contributed by atoms with Crippen LogP contribution in [0.1, 0.15) is 10.4 Å². The summed E-state index contributed by atoms with van der Waals surface area (Å²) in [7, 11) is 3.90. The predicted molar refractivity (Wildman–Crippen MR) is 129 cm³/mol. The molecule has 0 spiro atoms. The molecule has 8 nitrogen and oxygen atoms in total. The summed E-state index contributed by atoms with van der Waals surface area (Å²) in [5.74, 6) is -0.193. The molecule has 5 rings (SSSR count). The van der Waals surface area contributed by atoms with Crippen molar-refractivity contribution in [1.29, 1.82) is 0 Å². The van der Waals surface area contributed by atoms with E-state index in [1.54, 1.807) is 12.1 Å². The molecule has 2 amide bonds. The normalized spacial score (nSPS) is 23.4. The minimum absolute atomic E-state index is 0.193. The number of rotatable bonds is 5. The molecule has 0 aliphatic carbocycles. The standard InChI is InChI=1S/C26H27N3O5/c1-29(2)18-12-10-17(11-13-18)25(30)27-21-14-32-24-22(15-33-23(21)24)34-26(31)28-20-9-5-7-16-6-3-4-8-19(16)20/h3-13,21-24H,14-15H2,1-2H3,(H,27,30)(H,28,31)/t21-,22-,23-,24+/m1/s1. The molecule has 0 saturated carbocycles. The van der Waals surface area contributed by atoms with Crippen molar-refractivity contribution in [2.75, 3.05) is 37.5 Å². The third-order valence-electron chi connectivity index (χ3n) is 6.26. The van der Waals surface area contributed by atoms with Crippen LogP contribution in [-0.4, -0.2) is 63.7 Å². The number of hydrogen-bond donors (Lipinski definition) is 2. The number of hydrogen-bond acceptors (Lipinski definition) is 6. The first-order valence-corrected chi connectivity index (χ1v) is 11.3. The Morgan fingerprint density at radius 3 is 2.44 bits per heavy atom. The van der Waals surface area contributed by atoms with Gasteiger partial charge in [0, 0.05) is 30.7 Å². The Hall–Kier alpha value is -3.62. The Bertz CT molecular complexity index is 1190. The molecule has 2 aliphatic rings. The maximum absolute atomic E-state index is 12.7. The van der Waals surface area contributed by atoms with Crippen molar-refractivity contribution >= 4 is 34.1 Å². The molecule has 0 bridgehead atoms. The van der Waals surface area contributed by atoms with Crippen molar-refractivity contribution in [1.82, 2.24) is 5.32 Å². The first kappa shape index (κ1) is 22.2. The van der Waals surface area contributed by atoms with Gasteiger partial charge in [-0.3, -0.25) is 10.1 Å². The van der Waals surface area contributed by atoms with Crippen LogP contribution in [0.5, 0.6) is 0 Å². The van der Waals surface area contributed by atoms with Crippen LogP contribution in [0.4, 0.5) is 16.2 Å². The fourth-order valence-electron chi connectivity index (χ4n) is 4.46. The molecule has 8 heteroatoms. The van der Waals surface area contributed by atoms with Gasteiger partial charge in [-0.05, 0) is 35.7 Å². The fraction of sp³-hybridized carbons (Fsp3) is 0.308. The summed E-state index contributed by atoms with van der Waals surface area (Å²) in [5.41, 5.74) is 2.26. The molecule has 176 valence electrons. The van der Waals surface area contributed by atoms with Crippen LogP contribution in [0.3, 0.4) is 0 Å². The number of benzene rings is 3. The molecular formula is C26H27N3O5. The van der Waals surface area contributed by atoms with E-state index >= 15 is 0 Å². The molecule has 2 aliphatic heterocycles. The van der Waals surface area contributed by atoms with Gasteiger partial charge >= 0.3 is 6.09 Å². The average molecular weight is 462 g/mol. The van der Waals surface area contributed by atoms with E-state index in [9.17, 15) is 9.59 Å². The lowest BCUT2D eigenvalue weighted by Crippen LogP contribution is -2.44. The highest BCUT2D eigenvalue weighted by molar-refractivity contribution is 6.00. The second kappa shape index (κ2) is 9.32. The number of amides is 2. The van der Waals surface area contributed by atoms with Crippen LogP contribution in [0.15, 0.2) is 66.7 Å². The summed E-state index contributed by atoms with van der Waals surface area (Å²) < 4.78 is 17.4. The topological polar surface area (TPSA) is 89.1 Å². The van der Waals surface area contributed by atoms with E-state index in [2.05, 4.69) is 10.6 Å². The first-order valence-electron chi connectivity index (χ1n) is 11.3. The lowest BCUT2D eigenvalue weighted by Gasteiger charge is -2.18. The number of nitrogens with one attached hydrogen (secondary N) is 2. The molecule has 2 saturated heterocycles. The average Bonchev–Trinajstić information content (AvgIpc) is 3.42. The van der Waals surface area contributed by atoms with Crippen molar-refractivity contribution in [2.24, 2.45) is 0 Å². The molecule has 3 aromatic rings. The number of carbonyl (C=O) groups is 2. The van der Waals surface area contributed by atoms with Crippen molar-refractivity contribution in [3.05, 3.63) is 72.3 Å². The van der Waals surface area contributed by atoms with Crippen molar-refractivity contribution < 1.29 is 23.8 Å². The van der Waals surface area contributed by atoms with Gasteiger partial charge in [0.25, 0.3) is 5.91 Å². The van der Waals surface area contributed by atoms with Gasteiger partial charge in [0.1, 0.15) is 12.2 Å². The smallest absolute Gasteiger partial charge is 0.412 e. The van der Waals surface area contributed by atoms with Gasteiger partial charge < -0.3 is 24.4 Å². The van der Waals surface area contributed by atoms with Crippen molar-refractivity contribution in [2.45, 2.75) is 24.4 Å². The second-order valence-electron chi connectivity index (χ2n) is 8.71. The highest BCUT2D eigenvalue weighted by atomic mass is 16.6. The maximum Gasteiger partial charge on any atom is 0.412 e. The number of nitrogens with zero attached hydrogens (tertiary/aromatic N) is 1. The summed E-state index contributed by atoms with van der Waals surface area (Å²) in [4.78, 5) is 27.3. The Morgan fingerprint density at radius 2 is 1.65 bits per heavy atom. The SMILES string of the molecule is CN(C)c1ccc(C(=O)N[C@@H]2CO[C@@H]3[C@@H]2OC[C@H]3OC(=O)Nc2cccc3ccccc23)cc1. The minimum Gasteiger partial charge on any atom is -0.441 e. The van der Waals surface area contributed by atoms with Crippen LogP contribution in [0.2, 0.25) is 0 Å². The summed E-state index contributed by atoms with van der Waals surface area (Å²) in [6.07, 6.45) is -1.93. The predicted octanol–water partition coefficient (Wildman–Crippen LogP) is 3.42. The van der Waals surface area contributed by atoms with Crippen molar-refractivity contribution in [3.63, 3.8) is 0 Å². The molecule has 0 unspecified atom stereocenters. The number of fused-ring (bicyclic) bond motifs is 2. The largest absolute Gasteiger partial charge is 0.441 e. The van der Waals surface area contributed by atoms with E-state index in [1.165, 1.54) is 0 Å². The monoisotopic (exact) mass is 461 g/mol. The van der Waals surface area contributed by atoms with Gasteiger partial charge in [-0.15, -0.1) is 0 Å². The third kappa shape index (κ3) is 4.42. The quantitative estimate of drug-likeness (QED) is 0.605. The van der Waals surface area contributed by atoms with E-state index < -0.39 is 18.3 Å². The zero-order valence-electron chi connectivity index (χ0n) is 19.1. The van der Waals surface area contributed by atoms with Gasteiger partial charge in [0.15, 0.2) is 6.10 Å². The van der Waals surface area contributed by atoms with Crippen LogP contribution in [-0.2, 0) is 14.2 Å². The second-order valence-corrected chi connectivity index (χ2v) is 8.71. The highest BCUT2D eigenvalue weighted by Gasteiger charge is 2.50. The van der Waals surface area contributed by atoms with E-state index in [-0.39, 0.29) is 24.7 Å². The first-order chi connectivity index (χ1) is 16.5. The fourth-order valence-corrected chi connectivity index (χ4v) is 4.46. The molecule has 0 aromatic heterocycles. The summed E-state index contributed by atoms with van der Waals surface area (Å²) in [6, 6.07) is 20.6. The Kier molecular flexibility index (Phi) is 6.08. The number of ether oxygens (including phenoxy) is 3. The minimum atomic E-state index is -0.567. The molecule has 4 atom stereocenters. The molecule has 3 aromatic carbocycles. The molecule has 34 heavy (non-hydrogen) atoms. The van der Waals surface area contributed by atoms with E-state index in [0.29, 0.717) is 17.9 Å². The van der Waals surface area contributed by atoms with Crippen LogP contribution in [0.25, 0.3) is 10.8 Å². The van der Waals surface area contributed by atoms with E-state index in [1.807, 2.05) is 73.6 Å². The number of carbonyl (C=O) groups excluding carboxylic acids is 2. The molecular weight excluding hydrogens is 434 g/mol. The third-order valence-corrected chi connectivity index (χ3v) is 6.26. The van der Waals surface area contributed by atoms with Crippen LogP contribution < -0.4 is 15.5 Å². The molecule has 2 N–H and O–H groups in total. The summed E-state index contributed by atoms with van der Waals surface area (Å²) in [6.45, 7) is 0.504. The summed E-state index contributed by atoms with van der Waals surface area (Å²) >= 11 is 0. The van der Waals surface area contributed by atoms with E-state index in [4.69, 9.17) is 14.2 Å². The Morgan fingerprint density at radius 1 is 0.912 bits per heavy atom. The van der Waals surface area contributed by atoms with Gasteiger partial charge in [0.2, 0.25) is 0 Å². The lowest BCUT2D eigenvalue weighted by molar-refractivity contribution is 0.00862. The Labute approximate surface area is 197 Å². The van der Waals surface area contributed by atoms with Gasteiger partial charge in [-0.1, -0.05) is 36.4 Å². The van der Waals surface area contributed by atoms with Crippen LogP contribution >= 0.6 is 0 Å². The summed E-state index contributed by atoms with van der Waals surface area (Å²) in [5, 5.41) is 7.77. The number of anilines is 2. The van der Waals surface area contributed by atoms with Crippen LogP contribution in [0, 0.1) is 0 Å². The molecule has 2 heterocycles. The maximum atomic E-state index is 12.7. The van der Waals surface area contributed by atoms with Gasteiger partial charge in [-0.25, -0.2) is 4.79 Å². The zero-order valence-corrected chi connectivity index (χ0v) is 19.1. The lowest BCUT2D eigenvalue weighted by atomic mass is 10.1. The molecule has 2 fully saturated rings. The molecule has 0 radical (unpaired) electrons.